The second kappa shape index (κ2) is 16.7. The molecule has 0 heterocycles. The molecular formula is C26H17BiF20O2P2. The maximum absolute atomic E-state index is 12.0. The van der Waals surface area contributed by atoms with Crippen LogP contribution in [0.1, 0.15) is 0 Å². The third kappa shape index (κ3) is 11.3. The first kappa shape index (κ1) is 46.6. The molecular weight excluding hydrogens is 995 g/mol. The standard InChI is InChI=1S/3C6H5.2C4HF10OP.Bi/c3*1-2-4-6-5-3-1;2*5-1(6,7)3(11,12)16(15)4(13,14)2(8,9)10;/h3*1-5H;2*16H;. The molecule has 51 heavy (non-hydrogen) atoms. The van der Waals surface area contributed by atoms with Gasteiger partial charge in [-0.25, -0.2) is 0 Å². The molecule has 0 aliphatic heterocycles. The van der Waals surface area contributed by atoms with E-state index in [0.29, 0.717) is 0 Å². The molecule has 0 aromatic heterocycles. The van der Waals surface area contributed by atoms with E-state index in [1.54, 1.807) is 0 Å². The summed E-state index contributed by atoms with van der Waals surface area (Å²) in [5, 5.41) is 0. The van der Waals surface area contributed by atoms with Crippen LogP contribution in [-0.2, 0) is 9.13 Å². The molecule has 0 fully saturated rings. The molecule has 0 amide bonds. The number of halogens is 20. The molecule has 0 saturated carbocycles. The van der Waals surface area contributed by atoms with Gasteiger partial charge in [-0.05, 0) is 0 Å². The minimum atomic E-state index is -6.74. The van der Waals surface area contributed by atoms with Crippen molar-refractivity contribution in [2.24, 2.45) is 0 Å². The second-order valence-electron chi connectivity index (χ2n) is 9.29. The SMILES string of the molecule is O=[PH](C(F)(F)C(F)(F)F)C(F)(F)C(F)(F)F.O=[PH](C(F)(F)C(F)(F)F)C(F)(F)C(F)(F)F.c1cc[c]([Bi]([c]2ccccc2)[c]2ccccc2)cc1. The van der Waals surface area contributed by atoms with Gasteiger partial charge in [0.05, 0.1) is 0 Å². The van der Waals surface area contributed by atoms with Crippen LogP contribution in [0.3, 0.4) is 0 Å². The predicted molar refractivity (Wildman–Crippen MR) is 146 cm³/mol. The third-order valence-electron chi connectivity index (χ3n) is 5.61. The maximum atomic E-state index is 12.0. The Balaban J connectivity index is 0.000000386. The van der Waals surface area contributed by atoms with Gasteiger partial charge in [0.25, 0.3) is 0 Å². The van der Waals surface area contributed by atoms with Gasteiger partial charge in [0, 0.05) is 0 Å². The van der Waals surface area contributed by atoms with Crippen LogP contribution in [0.15, 0.2) is 91.0 Å². The Morgan fingerprint density at radius 3 is 0.608 bits per heavy atom. The average Bonchev–Trinajstić information content (AvgIpc) is 3.00. The predicted octanol–water partition coefficient (Wildman–Crippen LogP) is 9.92. The molecule has 3 rings (SSSR count). The van der Waals surface area contributed by atoms with Crippen LogP contribution in [-0.4, -0.2) is 69.1 Å². The fourth-order valence-corrected chi connectivity index (χ4v) is 13.9. The van der Waals surface area contributed by atoms with Crippen molar-refractivity contribution < 1.29 is 96.9 Å². The summed E-state index contributed by atoms with van der Waals surface area (Å²) < 4.78 is 257. The minimum absolute atomic E-state index is 1.54. The fourth-order valence-electron chi connectivity index (χ4n) is 3.09. The van der Waals surface area contributed by atoms with Crippen LogP contribution in [0.4, 0.5) is 87.8 Å². The molecule has 25 heteroatoms. The molecule has 3 aromatic rings. The van der Waals surface area contributed by atoms with Crippen molar-refractivity contribution >= 4 is 47.2 Å². The van der Waals surface area contributed by atoms with Crippen molar-refractivity contribution in [2.45, 2.75) is 47.4 Å². The van der Waals surface area contributed by atoms with E-state index in [9.17, 15) is 96.9 Å². The van der Waals surface area contributed by atoms with E-state index < -0.39 is 84.7 Å². The zero-order valence-corrected chi connectivity index (χ0v) is 29.5. The molecule has 0 N–H and O–H groups in total. The Kier molecular flexibility index (Phi) is 15.3. The van der Waals surface area contributed by atoms with Gasteiger partial charge < -0.3 is 9.13 Å². The Morgan fingerprint density at radius 1 is 0.314 bits per heavy atom. The number of hydrogen-bond donors (Lipinski definition) is 0. The van der Waals surface area contributed by atoms with Crippen molar-refractivity contribution in [3.05, 3.63) is 91.0 Å². The molecule has 0 bridgehead atoms. The van der Waals surface area contributed by atoms with E-state index in [2.05, 4.69) is 91.0 Å². The van der Waals surface area contributed by atoms with Gasteiger partial charge in [0.15, 0.2) is 0 Å². The summed E-state index contributed by atoms with van der Waals surface area (Å²) >= 11 is -2.06. The second-order valence-corrected chi connectivity index (χ2v) is 21.7. The van der Waals surface area contributed by atoms with Gasteiger partial charge in [0.2, 0.25) is 15.6 Å². The van der Waals surface area contributed by atoms with Gasteiger partial charge in [-0.1, -0.05) is 0 Å². The van der Waals surface area contributed by atoms with E-state index in [0.717, 1.165) is 0 Å². The van der Waals surface area contributed by atoms with Gasteiger partial charge >= 0.3 is 170 Å². The van der Waals surface area contributed by atoms with Crippen molar-refractivity contribution in [2.75, 3.05) is 0 Å². The Morgan fingerprint density at radius 2 is 0.471 bits per heavy atom. The van der Waals surface area contributed by atoms with Crippen LogP contribution in [0.25, 0.3) is 0 Å². The van der Waals surface area contributed by atoms with E-state index in [1.807, 2.05) is 0 Å². The molecule has 0 radical (unpaired) electrons. The number of benzene rings is 3. The van der Waals surface area contributed by atoms with Gasteiger partial charge in [-0.2, -0.15) is 87.8 Å². The summed E-state index contributed by atoms with van der Waals surface area (Å²) in [6, 6.07) is 33.0. The van der Waals surface area contributed by atoms with Crippen molar-refractivity contribution in [3.8, 4) is 0 Å². The number of rotatable bonds is 7. The van der Waals surface area contributed by atoms with E-state index >= 15 is 0 Å². The molecule has 0 spiro atoms. The number of alkyl halides is 20. The van der Waals surface area contributed by atoms with Crippen molar-refractivity contribution in [3.63, 3.8) is 0 Å². The molecule has 0 aliphatic rings. The topological polar surface area (TPSA) is 34.1 Å². The van der Waals surface area contributed by atoms with Crippen LogP contribution in [0, 0.1) is 0 Å². The molecule has 3 aromatic carbocycles. The van der Waals surface area contributed by atoms with Crippen LogP contribution in [0.2, 0.25) is 0 Å². The zero-order chi connectivity index (χ0) is 40.1. The molecule has 288 valence electrons. The van der Waals surface area contributed by atoms with E-state index in [4.69, 9.17) is 0 Å². The first-order chi connectivity index (χ1) is 22.8. The molecule has 0 aliphatic carbocycles. The average molecular weight is 1010 g/mol. The van der Waals surface area contributed by atoms with Gasteiger partial charge in [0.1, 0.15) is 0 Å². The van der Waals surface area contributed by atoms with E-state index in [-0.39, 0.29) is 0 Å². The molecule has 0 saturated heterocycles. The van der Waals surface area contributed by atoms with Crippen molar-refractivity contribution in [1.82, 2.24) is 0 Å². The summed E-state index contributed by atoms with van der Waals surface area (Å²) in [6.07, 6.45) is -27.0. The van der Waals surface area contributed by atoms with Crippen LogP contribution >= 0.6 is 15.6 Å². The monoisotopic (exact) mass is 1010 g/mol. The Labute approximate surface area is 282 Å². The molecule has 2 nitrogen and oxygen atoms in total. The summed E-state index contributed by atoms with van der Waals surface area (Å²) in [7, 11) is -13.2. The van der Waals surface area contributed by atoms with E-state index in [1.165, 1.54) is 9.81 Å². The van der Waals surface area contributed by atoms with Gasteiger partial charge in [-0.15, -0.1) is 0 Å². The normalized spacial score (nSPS) is 13.8. The van der Waals surface area contributed by atoms with Crippen LogP contribution in [0.5, 0.6) is 0 Å². The summed E-state index contributed by atoms with van der Waals surface area (Å²) in [6.45, 7) is 0. The van der Waals surface area contributed by atoms with Crippen LogP contribution < -0.4 is 9.81 Å². The fraction of sp³-hybridized carbons (Fsp3) is 0.308. The number of hydrogen-bond acceptors (Lipinski definition) is 2. The Hall–Kier alpha value is -2.40. The summed E-state index contributed by atoms with van der Waals surface area (Å²) in [5.41, 5.74) is -26.3. The zero-order valence-electron chi connectivity index (χ0n) is 24.0. The Bertz CT molecular complexity index is 1360. The first-order valence-corrected chi connectivity index (χ1v) is 20.6. The molecule has 0 atom stereocenters. The first-order valence-electron chi connectivity index (χ1n) is 12.6. The van der Waals surface area contributed by atoms with Crippen molar-refractivity contribution in [1.29, 1.82) is 0 Å². The van der Waals surface area contributed by atoms with Gasteiger partial charge in [-0.3, -0.25) is 0 Å². The summed E-state index contributed by atoms with van der Waals surface area (Å²) in [4.78, 5) is 0. The third-order valence-corrected chi connectivity index (χ3v) is 18.5. The molecule has 0 unspecified atom stereocenters. The quantitative estimate of drug-likeness (QED) is 0.134. The summed E-state index contributed by atoms with van der Waals surface area (Å²) in [5.74, 6) is 0.